The van der Waals surface area contributed by atoms with E-state index in [1.54, 1.807) is 44.4 Å². The Morgan fingerprint density at radius 3 is 2.30 bits per heavy atom. The van der Waals surface area contributed by atoms with Crippen LogP contribution in [0.5, 0.6) is 17.2 Å². The summed E-state index contributed by atoms with van der Waals surface area (Å²) in [5.74, 6) is 1.54. The lowest BCUT2D eigenvalue weighted by Crippen LogP contribution is -2.31. The molecule has 1 N–H and O–H groups in total. The fraction of sp³-hybridized carbons (Fsp3) is 0.375. The summed E-state index contributed by atoms with van der Waals surface area (Å²) in [7, 11) is 4.66. The molecule has 1 aromatic rings. The predicted molar refractivity (Wildman–Crippen MR) is 91.8 cm³/mol. The zero-order valence-corrected chi connectivity index (χ0v) is 14.5. The van der Waals surface area contributed by atoms with Crippen LogP contribution in [0.2, 0.25) is 0 Å². The molecule has 6 nitrogen and oxygen atoms in total. The molecule has 0 atom stereocenters. The molecule has 1 amide bonds. The number of nitrogens with zero attached hydrogens (tertiary/aromatic N) is 1. The van der Waals surface area contributed by atoms with Crippen molar-refractivity contribution in [3.05, 3.63) is 23.4 Å². The number of amides is 1. The van der Waals surface area contributed by atoms with Gasteiger partial charge in [0.1, 0.15) is 11.4 Å². The molecule has 0 radical (unpaired) electrons. The van der Waals surface area contributed by atoms with Crippen LogP contribution in [0.15, 0.2) is 17.8 Å². The Morgan fingerprint density at radius 1 is 1.13 bits per heavy atom. The summed E-state index contributed by atoms with van der Waals surface area (Å²) in [4.78, 5) is 13.9. The molecule has 7 heteroatoms. The van der Waals surface area contributed by atoms with Gasteiger partial charge in [-0.3, -0.25) is 9.69 Å². The molecule has 0 aliphatic carbocycles. The maximum Gasteiger partial charge on any atom is 0.276 e. The average Bonchev–Trinajstić information content (AvgIpc) is 2.82. The van der Waals surface area contributed by atoms with Crippen molar-refractivity contribution < 1.29 is 19.0 Å². The van der Waals surface area contributed by atoms with E-state index in [2.05, 4.69) is 5.32 Å². The average molecular weight is 336 g/mol. The van der Waals surface area contributed by atoms with Gasteiger partial charge in [0.15, 0.2) is 16.6 Å². The van der Waals surface area contributed by atoms with E-state index in [0.29, 0.717) is 40.2 Å². The van der Waals surface area contributed by atoms with Crippen molar-refractivity contribution in [2.45, 2.75) is 13.3 Å². The van der Waals surface area contributed by atoms with Crippen LogP contribution in [-0.2, 0) is 4.79 Å². The maximum atomic E-state index is 12.4. The number of hydrogen-bond acceptors (Lipinski definition) is 5. The van der Waals surface area contributed by atoms with Gasteiger partial charge in [-0.1, -0.05) is 6.92 Å². The lowest BCUT2D eigenvalue weighted by molar-refractivity contribution is -0.122. The highest BCUT2D eigenvalue weighted by molar-refractivity contribution is 7.80. The molecule has 1 aliphatic rings. The highest BCUT2D eigenvalue weighted by atomic mass is 32.1. The van der Waals surface area contributed by atoms with E-state index in [4.69, 9.17) is 26.4 Å². The summed E-state index contributed by atoms with van der Waals surface area (Å²) in [5, 5.41) is 3.36. The summed E-state index contributed by atoms with van der Waals surface area (Å²) in [5.41, 5.74) is 1.11. The molecule has 0 saturated carbocycles. The van der Waals surface area contributed by atoms with E-state index in [-0.39, 0.29) is 5.91 Å². The first-order valence-corrected chi connectivity index (χ1v) is 7.61. The Labute approximate surface area is 141 Å². The van der Waals surface area contributed by atoms with Crippen LogP contribution in [0.3, 0.4) is 0 Å². The molecule has 1 aromatic carbocycles. The normalized spacial score (nSPS) is 15.8. The molecule has 0 aromatic heterocycles. The number of carbonyl (C=O) groups excluding carboxylic acids is 1. The number of rotatable bonds is 6. The largest absolute Gasteiger partial charge is 0.496 e. The number of carbonyl (C=O) groups is 1. The van der Waals surface area contributed by atoms with Gasteiger partial charge < -0.3 is 19.5 Å². The molecule has 23 heavy (non-hydrogen) atoms. The van der Waals surface area contributed by atoms with Crippen molar-refractivity contribution in [1.29, 1.82) is 0 Å². The molecule has 1 aliphatic heterocycles. The highest BCUT2D eigenvalue weighted by Gasteiger charge is 2.30. The lowest BCUT2D eigenvalue weighted by atomic mass is 10.1. The maximum absolute atomic E-state index is 12.4. The third-order valence-corrected chi connectivity index (χ3v) is 3.77. The molecular formula is C16H20N2O4S. The summed E-state index contributed by atoms with van der Waals surface area (Å²) >= 11 is 5.20. The first kappa shape index (κ1) is 17.1. The quantitative estimate of drug-likeness (QED) is 0.635. The van der Waals surface area contributed by atoms with Gasteiger partial charge in [-0.25, -0.2) is 0 Å². The minimum absolute atomic E-state index is 0.145. The standard InChI is InChI=1S/C16H20N2O4S/c1-5-6-18-15(19)11(17-16(18)23)7-10-8-13(21-3)14(22-4)9-12(10)20-2/h7-9H,5-6H2,1-4H3,(H,17,23)/b11-7-. The van der Waals surface area contributed by atoms with Crippen molar-refractivity contribution in [2.75, 3.05) is 27.9 Å². The van der Waals surface area contributed by atoms with Crippen molar-refractivity contribution in [3.63, 3.8) is 0 Å². The minimum Gasteiger partial charge on any atom is -0.496 e. The minimum atomic E-state index is -0.145. The molecule has 0 spiro atoms. The number of hydrogen-bond donors (Lipinski definition) is 1. The second-order valence-corrected chi connectivity index (χ2v) is 5.28. The van der Waals surface area contributed by atoms with Crippen LogP contribution in [0.4, 0.5) is 0 Å². The smallest absolute Gasteiger partial charge is 0.276 e. The number of methoxy groups -OCH3 is 3. The van der Waals surface area contributed by atoms with Crippen molar-refractivity contribution >= 4 is 29.3 Å². The Balaban J connectivity index is 2.42. The summed E-state index contributed by atoms with van der Waals surface area (Å²) in [6, 6.07) is 3.47. The van der Waals surface area contributed by atoms with Crippen molar-refractivity contribution in [2.24, 2.45) is 0 Å². The highest BCUT2D eigenvalue weighted by Crippen LogP contribution is 2.35. The van der Waals surface area contributed by atoms with E-state index in [9.17, 15) is 4.79 Å². The van der Waals surface area contributed by atoms with Gasteiger partial charge in [-0.05, 0) is 30.8 Å². The van der Waals surface area contributed by atoms with E-state index in [0.717, 1.165) is 6.42 Å². The Hall–Kier alpha value is -2.28. The molecule has 124 valence electrons. The Morgan fingerprint density at radius 2 is 1.74 bits per heavy atom. The van der Waals surface area contributed by atoms with Gasteiger partial charge >= 0.3 is 0 Å². The van der Waals surface area contributed by atoms with Crippen LogP contribution in [-0.4, -0.2) is 43.8 Å². The molecule has 0 bridgehead atoms. The molecule has 0 unspecified atom stereocenters. The molecule has 1 saturated heterocycles. The Bertz CT molecular complexity index is 658. The van der Waals surface area contributed by atoms with Gasteiger partial charge in [0, 0.05) is 18.2 Å². The topological polar surface area (TPSA) is 60.0 Å². The van der Waals surface area contributed by atoms with E-state index in [1.165, 1.54) is 0 Å². The number of nitrogens with one attached hydrogen (secondary N) is 1. The molecule has 2 rings (SSSR count). The van der Waals surface area contributed by atoms with Crippen molar-refractivity contribution in [1.82, 2.24) is 10.2 Å². The van der Waals surface area contributed by atoms with Gasteiger partial charge in [-0.2, -0.15) is 0 Å². The monoisotopic (exact) mass is 336 g/mol. The van der Waals surface area contributed by atoms with E-state index >= 15 is 0 Å². The molecule has 1 heterocycles. The van der Waals surface area contributed by atoms with Gasteiger partial charge in [0.25, 0.3) is 5.91 Å². The van der Waals surface area contributed by atoms with Crippen LogP contribution in [0.1, 0.15) is 18.9 Å². The second-order valence-electron chi connectivity index (χ2n) is 4.89. The first-order valence-electron chi connectivity index (χ1n) is 7.20. The third-order valence-electron chi connectivity index (χ3n) is 3.45. The summed E-state index contributed by atoms with van der Waals surface area (Å²) < 4.78 is 15.9. The predicted octanol–water partition coefficient (Wildman–Crippen LogP) is 2.18. The van der Waals surface area contributed by atoms with Crippen LogP contribution in [0, 0.1) is 0 Å². The zero-order chi connectivity index (χ0) is 17.0. The van der Waals surface area contributed by atoms with Crippen LogP contribution >= 0.6 is 12.2 Å². The summed E-state index contributed by atoms with van der Waals surface area (Å²) in [6.07, 6.45) is 2.53. The Kier molecular flexibility index (Phi) is 5.44. The van der Waals surface area contributed by atoms with Crippen LogP contribution in [0.25, 0.3) is 6.08 Å². The van der Waals surface area contributed by atoms with Crippen LogP contribution < -0.4 is 19.5 Å². The van der Waals surface area contributed by atoms with E-state index < -0.39 is 0 Å². The number of benzene rings is 1. The van der Waals surface area contributed by atoms with Gasteiger partial charge in [0.2, 0.25) is 0 Å². The SMILES string of the molecule is CCCN1C(=O)/C(=C/c2cc(OC)c(OC)cc2OC)NC1=S. The van der Waals surface area contributed by atoms with Gasteiger partial charge in [-0.15, -0.1) is 0 Å². The zero-order valence-electron chi connectivity index (χ0n) is 13.6. The van der Waals surface area contributed by atoms with Crippen molar-refractivity contribution in [3.8, 4) is 17.2 Å². The second kappa shape index (κ2) is 7.32. The number of thiocarbonyl (C=S) groups is 1. The molecular weight excluding hydrogens is 316 g/mol. The van der Waals surface area contributed by atoms with E-state index in [1.807, 2.05) is 6.92 Å². The fourth-order valence-electron chi connectivity index (χ4n) is 2.32. The molecule has 1 fully saturated rings. The fourth-order valence-corrected chi connectivity index (χ4v) is 2.60. The number of ether oxygens (including phenoxy) is 3. The first-order chi connectivity index (χ1) is 11.0. The lowest BCUT2D eigenvalue weighted by Gasteiger charge is -2.12. The third kappa shape index (κ3) is 3.39. The van der Waals surface area contributed by atoms with Gasteiger partial charge in [0.05, 0.1) is 21.3 Å². The summed E-state index contributed by atoms with van der Waals surface area (Å²) in [6.45, 7) is 2.58.